The number of guanidine groups is 1. The van der Waals surface area contributed by atoms with Crippen molar-refractivity contribution in [2.75, 3.05) is 19.8 Å². The number of nitrogens with two attached hydrogens (primary N) is 2. The molecule has 0 heterocycles. The molecule has 11 nitrogen and oxygen atoms in total. The highest BCUT2D eigenvalue weighted by molar-refractivity contribution is 5.94. The van der Waals surface area contributed by atoms with Gasteiger partial charge >= 0.3 is 0 Å². The standard InChI is InChI=1S/C31H40N6O5/c1-3-18-42-19-16-28(39)35-26(20-23-11-6-4-7-12-23)29(40)37-27(21-24-13-8-5-9-14-24)30(41)36-25(22(2)38)15-10-17-34-31(32)33/h1,4-9,11-14,25-27H,10,15-21H2,2H3,(H,35,39)(H,36,41)(H,37,40)(H4,32,33,34)/t25-,26+,27-/m0/s1. The lowest BCUT2D eigenvalue weighted by molar-refractivity contribution is -0.133. The summed E-state index contributed by atoms with van der Waals surface area (Å²) >= 11 is 0. The average molecular weight is 577 g/mol. The number of ketones is 1. The van der Waals surface area contributed by atoms with Gasteiger partial charge in [-0.25, -0.2) is 0 Å². The van der Waals surface area contributed by atoms with Gasteiger partial charge in [-0.1, -0.05) is 66.6 Å². The van der Waals surface area contributed by atoms with Crippen LogP contribution in [0, 0.1) is 12.3 Å². The number of hydrogen-bond donors (Lipinski definition) is 5. The number of benzene rings is 2. The first-order valence-electron chi connectivity index (χ1n) is 13.7. The Labute approximate surface area is 246 Å². The SMILES string of the molecule is C#CCOCCC(=O)N[C@H](Cc1ccccc1)C(=O)N[C@@H](Cc1ccccc1)C(=O)N[C@@H](CCCN=C(N)N)C(C)=O. The molecule has 0 saturated carbocycles. The number of aliphatic imine (C=N–C) groups is 1. The van der Waals surface area contributed by atoms with E-state index in [0.717, 1.165) is 11.1 Å². The molecule has 0 aliphatic carbocycles. The molecule has 42 heavy (non-hydrogen) atoms. The van der Waals surface area contributed by atoms with E-state index in [0.29, 0.717) is 19.4 Å². The summed E-state index contributed by atoms with van der Waals surface area (Å²) in [5.74, 6) is 0.574. The zero-order chi connectivity index (χ0) is 30.7. The second kappa shape index (κ2) is 18.6. The summed E-state index contributed by atoms with van der Waals surface area (Å²) in [5, 5.41) is 8.32. The number of rotatable bonds is 18. The molecule has 0 saturated heterocycles. The number of hydrogen-bond acceptors (Lipinski definition) is 6. The summed E-state index contributed by atoms with van der Waals surface area (Å²) in [6.45, 7) is 1.87. The first-order chi connectivity index (χ1) is 20.2. The fourth-order valence-electron chi connectivity index (χ4n) is 4.11. The summed E-state index contributed by atoms with van der Waals surface area (Å²) in [6.07, 6.45) is 6.33. The maximum atomic E-state index is 13.6. The number of terminal acetylenes is 1. The zero-order valence-electron chi connectivity index (χ0n) is 23.9. The normalized spacial score (nSPS) is 12.6. The molecule has 11 heteroatoms. The summed E-state index contributed by atoms with van der Waals surface area (Å²) in [7, 11) is 0. The molecule has 0 radical (unpaired) electrons. The van der Waals surface area contributed by atoms with Crippen LogP contribution in [-0.4, -0.2) is 67.3 Å². The minimum Gasteiger partial charge on any atom is -0.370 e. The molecule has 7 N–H and O–H groups in total. The van der Waals surface area contributed by atoms with Gasteiger partial charge in [0.15, 0.2) is 11.7 Å². The van der Waals surface area contributed by atoms with Crippen LogP contribution in [0.4, 0.5) is 0 Å². The van der Waals surface area contributed by atoms with Gasteiger partial charge in [-0.15, -0.1) is 6.42 Å². The average Bonchev–Trinajstić information content (AvgIpc) is 2.97. The zero-order valence-corrected chi connectivity index (χ0v) is 23.9. The van der Waals surface area contributed by atoms with Crippen molar-refractivity contribution >= 4 is 29.5 Å². The number of carbonyl (C=O) groups excluding carboxylic acids is 4. The van der Waals surface area contributed by atoms with Crippen molar-refractivity contribution in [3.8, 4) is 12.3 Å². The molecule has 2 aromatic carbocycles. The van der Waals surface area contributed by atoms with Crippen molar-refractivity contribution in [2.45, 2.75) is 57.2 Å². The highest BCUT2D eigenvalue weighted by Gasteiger charge is 2.29. The Morgan fingerprint density at radius 2 is 1.38 bits per heavy atom. The smallest absolute Gasteiger partial charge is 0.243 e. The predicted octanol–water partition coefficient (Wildman–Crippen LogP) is 0.609. The van der Waals surface area contributed by atoms with E-state index in [9.17, 15) is 19.2 Å². The van der Waals surface area contributed by atoms with E-state index in [1.54, 1.807) is 0 Å². The first-order valence-corrected chi connectivity index (χ1v) is 13.7. The fourth-order valence-corrected chi connectivity index (χ4v) is 4.11. The van der Waals surface area contributed by atoms with Crippen LogP contribution in [-0.2, 0) is 36.8 Å². The van der Waals surface area contributed by atoms with Crippen LogP contribution < -0.4 is 27.4 Å². The Hall–Kier alpha value is -4.69. The molecule has 0 aliphatic heterocycles. The summed E-state index contributed by atoms with van der Waals surface area (Å²) in [5.41, 5.74) is 12.3. The van der Waals surface area contributed by atoms with Crippen LogP contribution >= 0.6 is 0 Å². The van der Waals surface area contributed by atoms with Crippen LogP contribution in [0.1, 0.15) is 37.3 Å². The van der Waals surface area contributed by atoms with Crippen molar-refractivity contribution in [3.63, 3.8) is 0 Å². The van der Waals surface area contributed by atoms with Gasteiger partial charge in [0.1, 0.15) is 18.7 Å². The number of ether oxygens (including phenoxy) is 1. The number of nitrogens with zero attached hydrogens (tertiary/aromatic N) is 1. The van der Waals surface area contributed by atoms with Crippen LogP contribution in [0.3, 0.4) is 0 Å². The van der Waals surface area contributed by atoms with E-state index in [-0.39, 0.29) is 44.2 Å². The van der Waals surface area contributed by atoms with E-state index < -0.39 is 35.8 Å². The van der Waals surface area contributed by atoms with Crippen molar-refractivity contribution < 1.29 is 23.9 Å². The van der Waals surface area contributed by atoms with E-state index >= 15 is 0 Å². The van der Waals surface area contributed by atoms with Gasteiger partial charge in [0.05, 0.1) is 19.1 Å². The minimum absolute atomic E-state index is 0.00826. The molecule has 0 aliphatic rings. The van der Waals surface area contributed by atoms with Crippen LogP contribution in [0.15, 0.2) is 65.7 Å². The molecule has 3 atom stereocenters. The lowest BCUT2D eigenvalue weighted by Crippen LogP contribution is -2.56. The van der Waals surface area contributed by atoms with Crippen molar-refractivity contribution in [1.29, 1.82) is 0 Å². The van der Waals surface area contributed by atoms with Crippen molar-refractivity contribution in [3.05, 3.63) is 71.8 Å². The van der Waals surface area contributed by atoms with Crippen LogP contribution in [0.2, 0.25) is 0 Å². The van der Waals surface area contributed by atoms with Crippen molar-refractivity contribution in [1.82, 2.24) is 16.0 Å². The van der Waals surface area contributed by atoms with Gasteiger partial charge in [-0.3, -0.25) is 24.2 Å². The highest BCUT2D eigenvalue weighted by atomic mass is 16.5. The van der Waals surface area contributed by atoms with Gasteiger partial charge in [0.2, 0.25) is 17.7 Å². The molecule has 3 amide bonds. The van der Waals surface area contributed by atoms with E-state index in [1.807, 2.05) is 60.7 Å². The summed E-state index contributed by atoms with van der Waals surface area (Å²) in [6, 6.07) is 15.6. The molecule has 0 unspecified atom stereocenters. The molecule has 2 aromatic rings. The number of amides is 3. The van der Waals surface area contributed by atoms with Gasteiger partial charge in [-0.05, 0) is 30.9 Å². The van der Waals surface area contributed by atoms with Crippen LogP contribution in [0.25, 0.3) is 0 Å². The Bertz CT molecular complexity index is 1230. The first kappa shape index (κ1) is 33.5. The molecule has 0 aromatic heterocycles. The monoisotopic (exact) mass is 576 g/mol. The van der Waals surface area contributed by atoms with E-state index in [4.69, 9.17) is 22.6 Å². The largest absolute Gasteiger partial charge is 0.370 e. The molecule has 224 valence electrons. The van der Waals surface area contributed by atoms with Gasteiger partial charge in [-0.2, -0.15) is 0 Å². The Morgan fingerprint density at radius 1 is 0.857 bits per heavy atom. The third kappa shape index (κ3) is 13.1. The predicted molar refractivity (Wildman–Crippen MR) is 161 cm³/mol. The van der Waals surface area contributed by atoms with Crippen molar-refractivity contribution in [2.24, 2.45) is 16.5 Å². The molecule has 0 fully saturated rings. The second-order valence-corrected chi connectivity index (χ2v) is 9.69. The topological polar surface area (TPSA) is 178 Å². The summed E-state index contributed by atoms with van der Waals surface area (Å²) < 4.78 is 5.18. The highest BCUT2D eigenvalue weighted by Crippen LogP contribution is 2.09. The molecule has 0 bridgehead atoms. The minimum atomic E-state index is -1.02. The number of carbonyl (C=O) groups is 4. The lowest BCUT2D eigenvalue weighted by atomic mass is 10.0. The third-order valence-corrected chi connectivity index (χ3v) is 6.26. The number of nitrogens with one attached hydrogen (secondary N) is 3. The maximum Gasteiger partial charge on any atom is 0.243 e. The maximum absolute atomic E-state index is 13.6. The van der Waals surface area contributed by atoms with Gasteiger partial charge < -0.3 is 32.2 Å². The Kier molecular flexibility index (Phi) is 14.9. The van der Waals surface area contributed by atoms with Gasteiger partial charge in [0.25, 0.3) is 0 Å². The molecular weight excluding hydrogens is 536 g/mol. The quantitative estimate of drug-likeness (QED) is 0.0747. The molecule has 0 spiro atoms. The molecule has 2 rings (SSSR count). The Morgan fingerprint density at radius 3 is 1.88 bits per heavy atom. The van der Waals surface area contributed by atoms with Crippen LogP contribution in [0.5, 0.6) is 0 Å². The van der Waals surface area contributed by atoms with E-state index in [1.165, 1.54) is 6.92 Å². The van der Waals surface area contributed by atoms with E-state index in [2.05, 4.69) is 26.9 Å². The van der Waals surface area contributed by atoms with Gasteiger partial charge in [0, 0.05) is 19.4 Å². The number of Topliss-reactive ketones (excluding diaryl/α,β-unsaturated/α-hetero) is 1. The second-order valence-electron chi connectivity index (χ2n) is 9.69. The summed E-state index contributed by atoms with van der Waals surface area (Å²) in [4.78, 5) is 55.9. The molecular formula is C31H40N6O5. The Balaban J connectivity index is 2.21. The fraction of sp³-hybridized carbons (Fsp3) is 0.387. The third-order valence-electron chi connectivity index (χ3n) is 6.26. The lowest BCUT2D eigenvalue weighted by Gasteiger charge is -2.25.